The van der Waals surface area contributed by atoms with Crippen LogP contribution in [0.15, 0.2) is 12.1 Å². The summed E-state index contributed by atoms with van der Waals surface area (Å²) in [5.74, 6) is -0.375. The van der Waals surface area contributed by atoms with E-state index in [4.69, 9.17) is 5.41 Å². The predicted molar refractivity (Wildman–Crippen MR) is 65.0 cm³/mol. The van der Waals surface area contributed by atoms with Crippen molar-refractivity contribution >= 4 is 51.1 Å². The van der Waals surface area contributed by atoms with E-state index in [-0.39, 0.29) is 12.2 Å². The van der Waals surface area contributed by atoms with Gasteiger partial charge in [-0.3, -0.25) is 0 Å². The Morgan fingerprint density at radius 1 is 1.38 bits per heavy atom. The molecule has 0 heterocycles. The number of aromatic hydroxyl groups is 1. The van der Waals surface area contributed by atoms with Gasteiger partial charge in [-0.05, 0) is 75.2 Å². The molecule has 2 N–H and O–H groups in total. The summed E-state index contributed by atoms with van der Waals surface area (Å²) in [5, 5.41) is 26.7. The maximum Gasteiger partial charge on any atom is 0.142 e. The molecule has 1 aromatic rings. The SMILES string of the molecule is N=C([O-])Cc1cc(I)c(O)c(I)c1. The standard InChI is InChI=1S/C8H7I2NO2/c9-5-1-4(3-7(11)12)2-6(10)8(5)13/h1-2,13H,3H2,(H2,11,12)/p-1. The highest BCUT2D eigenvalue weighted by atomic mass is 127. The third-order valence-corrected chi connectivity index (χ3v) is 3.09. The van der Waals surface area contributed by atoms with E-state index in [9.17, 15) is 10.2 Å². The molecule has 0 spiro atoms. The summed E-state index contributed by atoms with van der Waals surface area (Å²) in [6.07, 6.45) is 0.103. The summed E-state index contributed by atoms with van der Waals surface area (Å²) in [6, 6.07) is 3.43. The van der Waals surface area contributed by atoms with Crippen molar-refractivity contribution in [2.75, 3.05) is 0 Å². The van der Waals surface area contributed by atoms with Gasteiger partial charge in [0.05, 0.1) is 7.14 Å². The van der Waals surface area contributed by atoms with E-state index in [1.165, 1.54) is 0 Å². The van der Waals surface area contributed by atoms with Crippen LogP contribution in [0.25, 0.3) is 0 Å². The molecule has 0 aromatic heterocycles. The van der Waals surface area contributed by atoms with Gasteiger partial charge < -0.3 is 15.6 Å². The lowest BCUT2D eigenvalue weighted by molar-refractivity contribution is -0.219. The van der Waals surface area contributed by atoms with Crippen LogP contribution in [-0.4, -0.2) is 11.0 Å². The molecule has 1 aromatic carbocycles. The van der Waals surface area contributed by atoms with Gasteiger partial charge in [0.2, 0.25) is 0 Å². The zero-order chi connectivity index (χ0) is 10.0. The Morgan fingerprint density at radius 3 is 2.23 bits per heavy atom. The van der Waals surface area contributed by atoms with Crippen LogP contribution in [0.4, 0.5) is 0 Å². The number of halogens is 2. The number of phenolic OH excluding ortho intramolecular Hbond substituents is 1. The second kappa shape index (κ2) is 4.45. The lowest BCUT2D eigenvalue weighted by atomic mass is 10.1. The molecular formula is C8H6I2NO2-. The van der Waals surface area contributed by atoms with Crippen LogP contribution >= 0.6 is 45.2 Å². The Labute approximate surface area is 103 Å². The molecule has 0 aliphatic heterocycles. The molecule has 0 radical (unpaired) electrons. The molecule has 0 bridgehead atoms. The highest BCUT2D eigenvalue weighted by molar-refractivity contribution is 14.1. The van der Waals surface area contributed by atoms with E-state index in [0.717, 1.165) is 5.56 Å². The summed E-state index contributed by atoms with van der Waals surface area (Å²) in [6.45, 7) is 0. The van der Waals surface area contributed by atoms with Gasteiger partial charge in [-0.2, -0.15) is 0 Å². The van der Waals surface area contributed by atoms with Gasteiger partial charge in [0.25, 0.3) is 0 Å². The average molecular weight is 402 g/mol. The van der Waals surface area contributed by atoms with E-state index >= 15 is 0 Å². The topological polar surface area (TPSA) is 67.1 Å². The summed E-state index contributed by atoms with van der Waals surface area (Å²) in [4.78, 5) is 0. The minimum atomic E-state index is -0.614. The van der Waals surface area contributed by atoms with Crippen LogP contribution in [-0.2, 0) is 6.42 Å². The highest BCUT2D eigenvalue weighted by Crippen LogP contribution is 2.27. The fraction of sp³-hybridized carbons (Fsp3) is 0.125. The molecule has 5 heteroatoms. The number of nitrogens with one attached hydrogen (secondary N) is 1. The molecule has 0 aliphatic carbocycles. The molecule has 70 valence electrons. The molecule has 3 nitrogen and oxygen atoms in total. The smallest absolute Gasteiger partial charge is 0.142 e. The minimum absolute atomic E-state index is 0.103. The summed E-state index contributed by atoms with van der Waals surface area (Å²) in [7, 11) is 0. The second-order valence-electron chi connectivity index (χ2n) is 2.51. The number of hydrogen-bond acceptors (Lipinski definition) is 3. The third-order valence-electron chi connectivity index (χ3n) is 1.44. The first-order chi connectivity index (χ1) is 6.00. The van der Waals surface area contributed by atoms with Crippen molar-refractivity contribution < 1.29 is 10.2 Å². The van der Waals surface area contributed by atoms with E-state index in [2.05, 4.69) is 0 Å². The minimum Gasteiger partial charge on any atom is -0.862 e. The summed E-state index contributed by atoms with van der Waals surface area (Å²) >= 11 is 3.99. The molecule has 0 fully saturated rings. The first kappa shape index (κ1) is 11.0. The molecule has 13 heavy (non-hydrogen) atoms. The number of phenols is 1. The normalized spacial score (nSPS) is 10.0. The second-order valence-corrected chi connectivity index (χ2v) is 4.83. The van der Waals surface area contributed by atoms with Crippen LogP contribution in [0, 0.1) is 12.5 Å². The molecule has 0 unspecified atom stereocenters. The fourth-order valence-electron chi connectivity index (χ4n) is 0.905. The van der Waals surface area contributed by atoms with Crippen molar-refractivity contribution in [3.8, 4) is 5.75 Å². The van der Waals surface area contributed by atoms with Crippen molar-refractivity contribution in [3.63, 3.8) is 0 Å². The van der Waals surface area contributed by atoms with Crippen LogP contribution < -0.4 is 5.11 Å². The van der Waals surface area contributed by atoms with Gasteiger partial charge in [0, 0.05) is 0 Å². The summed E-state index contributed by atoms with van der Waals surface area (Å²) in [5.41, 5.74) is 0.770. The van der Waals surface area contributed by atoms with Gasteiger partial charge in [0.1, 0.15) is 5.75 Å². The zero-order valence-corrected chi connectivity index (χ0v) is 10.8. The molecule has 0 atom stereocenters. The first-order valence-electron chi connectivity index (χ1n) is 3.42. The van der Waals surface area contributed by atoms with Crippen LogP contribution in [0.3, 0.4) is 0 Å². The Kier molecular flexibility index (Phi) is 3.77. The Morgan fingerprint density at radius 2 is 1.85 bits per heavy atom. The first-order valence-corrected chi connectivity index (χ1v) is 5.58. The Hall–Kier alpha value is -0.0500. The van der Waals surface area contributed by atoms with Gasteiger partial charge in [-0.25, -0.2) is 0 Å². The zero-order valence-electron chi connectivity index (χ0n) is 6.47. The van der Waals surface area contributed by atoms with Crippen LogP contribution in [0.2, 0.25) is 0 Å². The molecule has 0 saturated heterocycles. The van der Waals surface area contributed by atoms with Crippen molar-refractivity contribution in [3.05, 3.63) is 24.8 Å². The molecule has 1 rings (SSSR count). The van der Waals surface area contributed by atoms with E-state index in [1.54, 1.807) is 12.1 Å². The van der Waals surface area contributed by atoms with E-state index < -0.39 is 5.90 Å². The maximum atomic E-state index is 10.5. The lowest BCUT2D eigenvalue weighted by Crippen LogP contribution is -2.18. The number of benzene rings is 1. The maximum absolute atomic E-state index is 10.5. The van der Waals surface area contributed by atoms with Gasteiger partial charge in [-0.15, -0.1) is 0 Å². The largest absolute Gasteiger partial charge is 0.862 e. The van der Waals surface area contributed by atoms with E-state index in [0.29, 0.717) is 7.14 Å². The van der Waals surface area contributed by atoms with E-state index in [1.807, 2.05) is 45.2 Å². The highest BCUT2D eigenvalue weighted by Gasteiger charge is 2.04. The Bertz CT molecular complexity index is 329. The lowest BCUT2D eigenvalue weighted by Gasteiger charge is -2.09. The van der Waals surface area contributed by atoms with Gasteiger partial charge >= 0.3 is 0 Å². The van der Waals surface area contributed by atoms with Crippen molar-refractivity contribution in [2.24, 2.45) is 0 Å². The fourth-order valence-corrected chi connectivity index (χ4v) is 2.80. The van der Waals surface area contributed by atoms with Crippen molar-refractivity contribution in [1.82, 2.24) is 0 Å². The van der Waals surface area contributed by atoms with Gasteiger partial charge in [0.15, 0.2) is 0 Å². The number of hydrogen-bond donors (Lipinski definition) is 2. The van der Waals surface area contributed by atoms with Crippen molar-refractivity contribution in [2.45, 2.75) is 6.42 Å². The summed E-state index contributed by atoms with van der Waals surface area (Å²) < 4.78 is 1.42. The quantitative estimate of drug-likeness (QED) is 0.448. The van der Waals surface area contributed by atoms with Crippen molar-refractivity contribution in [1.29, 1.82) is 5.41 Å². The average Bonchev–Trinajstić information content (AvgIpc) is 1.98. The third kappa shape index (κ3) is 2.97. The van der Waals surface area contributed by atoms with Crippen LogP contribution in [0.1, 0.15) is 5.56 Å². The molecule has 0 saturated carbocycles. The van der Waals surface area contributed by atoms with Gasteiger partial charge in [-0.1, -0.05) is 0 Å². The molecule has 0 amide bonds. The predicted octanol–water partition coefficient (Wildman–Crippen LogP) is 1.48. The monoisotopic (exact) mass is 402 g/mol. The number of rotatable bonds is 2. The Balaban J connectivity index is 3.06. The van der Waals surface area contributed by atoms with Crippen LogP contribution in [0.5, 0.6) is 5.75 Å². The molecular weight excluding hydrogens is 396 g/mol. The molecule has 0 aliphatic rings.